The minimum atomic E-state index is 0.129. The number of hydrogen-bond donors (Lipinski definition) is 1. The predicted molar refractivity (Wildman–Crippen MR) is 94.1 cm³/mol. The van der Waals surface area contributed by atoms with Crippen LogP contribution in [0.5, 0.6) is 5.75 Å². The normalized spacial score (nSPS) is 17.2. The van der Waals surface area contributed by atoms with Gasteiger partial charge in [0, 0.05) is 37.9 Å². The molecule has 1 saturated heterocycles. The lowest BCUT2D eigenvalue weighted by Gasteiger charge is -2.36. The topological polar surface area (TPSA) is 44.8 Å². The molecule has 5 nitrogen and oxygen atoms in total. The van der Waals surface area contributed by atoms with Crippen LogP contribution >= 0.6 is 0 Å². The molecule has 1 atom stereocenters. The Morgan fingerprint density at radius 3 is 2.26 bits per heavy atom. The molecule has 0 spiro atoms. The Morgan fingerprint density at radius 1 is 1.13 bits per heavy atom. The first-order chi connectivity index (χ1) is 11.0. The predicted octanol–water partition coefficient (Wildman–Crippen LogP) is 1.98. The third-order valence-corrected chi connectivity index (χ3v) is 4.57. The van der Waals surface area contributed by atoms with Gasteiger partial charge in [-0.05, 0) is 37.1 Å². The summed E-state index contributed by atoms with van der Waals surface area (Å²) in [4.78, 5) is 16.6. The van der Waals surface area contributed by atoms with Gasteiger partial charge < -0.3 is 15.0 Å². The molecule has 23 heavy (non-hydrogen) atoms. The van der Waals surface area contributed by atoms with Gasteiger partial charge in [-0.15, -0.1) is 0 Å². The molecular formula is C18H29N3O2. The number of amides is 1. The maximum absolute atomic E-state index is 12.1. The van der Waals surface area contributed by atoms with E-state index >= 15 is 0 Å². The van der Waals surface area contributed by atoms with Crippen molar-refractivity contribution in [1.82, 2.24) is 10.2 Å². The van der Waals surface area contributed by atoms with Gasteiger partial charge in [0.05, 0.1) is 13.7 Å². The molecule has 128 valence electrons. The van der Waals surface area contributed by atoms with Gasteiger partial charge in [-0.25, -0.2) is 0 Å². The highest BCUT2D eigenvalue weighted by Crippen LogP contribution is 2.20. The Kier molecular flexibility index (Phi) is 6.28. The van der Waals surface area contributed by atoms with Crippen LogP contribution in [0.15, 0.2) is 24.3 Å². The van der Waals surface area contributed by atoms with E-state index in [0.717, 1.165) is 31.9 Å². The summed E-state index contributed by atoms with van der Waals surface area (Å²) in [6.07, 6.45) is 0. The summed E-state index contributed by atoms with van der Waals surface area (Å²) in [6, 6.07) is 8.38. The first-order valence-corrected chi connectivity index (χ1v) is 8.40. The van der Waals surface area contributed by atoms with Crippen LogP contribution in [0.2, 0.25) is 0 Å². The van der Waals surface area contributed by atoms with Crippen LogP contribution in [0.4, 0.5) is 5.69 Å². The van der Waals surface area contributed by atoms with Crippen molar-refractivity contribution in [3.63, 3.8) is 0 Å². The van der Waals surface area contributed by atoms with Crippen LogP contribution in [0.25, 0.3) is 0 Å². The second kappa shape index (κ2) is 8.20. The van der Waals surface area contributed by atoms with Crippen LogP contribution in [0, 0.1) is 5.92 Å². The van der Waals surface area contributed by atoms with Crippen LogP contribution < -0.4 is 15.0 Å². The lowest BCUT2D eigenvalue weighted by Crippen LogP contribution is -2.50. The van der Waals surface area contributed by atoms with Crippen molar-refractivity contribution < 1.29 is 9.53 Å². The Balaban J connectivity index is 1.78. The highest BCUT2D eigenvalue weighted by molar-refractivity contribution is 5.78. The lowest BCUT2D eigenvalue weighted by molar-refractivity contribution is -0.123. The summed E-state index contributed by atoms with van der Waals surface area (Å²) in [7, 11) is 1.68. The molecule has 2 rings (SSSR count). The zero-order valence-corrected chi connectivity index (χ0v) is 14.7. The van der Waals surface area contributed by atoms with Gasteiger partial charge >= 0.3 is 0 Å². The van der Waals surface area contributed by atoms with Gasteiger partial charge in [-0.2, -0.15) is 0 Å². The van der Waals surface area contributed by atoms with E-state index in [1.54, 1.807) is 7.11 Å². The number of rotatable bonds is 6. The average Bonchev–Trinajstić information content (AvgIpc) is 2.55. The standard InChI is InChI=1S/C18H29N3O2/c1-14(2)15(3)19-18(22)13-20-9-11-21(12-10-20)16-5-7-17(23-4)8-6-16/h5-8,14-15H,9-13H2,1-4H3,(H,19,22)/t15-/m0/s1. The third kappa shape index (κ3) is 5.13. The van der Waals surface area contributed by atoms with E-state index in [1.807, 2.05) is 12.1 Å². The number of piperazine rings is 1. The van der Waals surface area contributed by atoms with Crippen molar-refractivity contribution in [3.8, 4) is 5.75 Å². The molecule has 0 bridgehead atoms. The zero-order valence-electron chi connectivity index (χ0n) is 14.7. The van der Waals surface area contributed by atoms with Crippen molar-refractivity contribution in [2.45, 2.75) is 26.8 Å². The monoisotopic (exact) mass is 319 g/mol. The summed E-state index contributed by atoms with van der Waals surface area (Å²) in [6.45, 7) is 10.5. The Morgan fingerprint density at radius 2 is 1.74 bits per heavy atom. The molecule has 0 unspecified atom stereocenters. The van der Waals surface area contributed by atoms with Gasteiger partial charge in [0.15, 0.2) is 0 Å². The summed E-state index contributed by atoms with van der Waals surface area (Å²) in [5, 5.41) is 3.07. The SMILES string of the molecule is COc1ccc(N2CCN(CC(=O)N[C@@H](C)C(C)C)CC2)cc1. The molecule has 1 amide bonds. The molecule has 0 radical (unpaired) electrons. The highest BCUT2D eigenvalue weighted by atomic mass is 16.5. The highest BCUT2D eigenvalue weighted by Gasteiger charge is 2.20. The van der Waals surface area contributed by atoms with Crippen LogP contribution in [0.1, 0.15) is 20.8 Å². The van der Waals surface area contributed by atoms with E-state index in [1.165, 1.54) is 5.69 Å². The van der Waals surface area contributed by atoms with Gasteiger partial charge in [0.25, 0.3) is 0 Å². The molecule has 1 aliphatic heterocycles. The second-order valence-corrected chi connectivity index (χ2v) is 6.56. The number of nitrogens with one attached hydrogen (secondary N) is 1. The van der Waals surface area contributed by atoms with Crippen molar-refractivity contribution in [2.24, 2.45) is 5.92 Å². The maximum Gasteiger partial charge on any atom is 0.234 e. The Labute approximate surface area is 139 Å². The van der Waals surface area contributed by atoms with Crippen LogP contribution in [0.3, 0.4) is 0 Å². The van der Waals surface area contributed by atoms with Gasteiger partial charge in [0.1, 0.15) is 5.75 Å². The van der Waals surface area contributed by atoms with Crippen LogP contribution in [-0.4, -0.2) is 56.7 Å². The number of nitrogens with zero attached hydrogens (tertiary/aromatic N) is 2. The fraction of sp³-hybridized carbons (Fsp3) is 0.611. The Hall–Kier alpha value is -1.75. The average molecular weight is 319 g/mol. The van der Waals surface area contributed by atoms with Gasteiger partial charge in [-0.3, -0.25) is 9.69 Å². The number of benzene rings is 1. The summed E-state index contributed by atoms with van der Waals surface area (Å²) in [5.41, 5.74) is 1.21. The van der Waals surface area contributed by atoms with E-state index < -0.39 is 0 Å². The maximum atomic E-state index is 12.1. The number of hydrogen-bond acceptors (Lipinski definition) is 4. The third-order valence-electron chi connectivity index (χ3n) is 4.57. The zero-order chi connectivity index (χ0) is 16.8. The summed E-state index contributed by atoms with van der Waals surface area (Å²) < 4.78 is 5.19. The first-order valence-electron chi connectivity index (χ1n) is 8.40. The Bertz CT molecular complexity index is 493. The molecule has 5 heteroatoms. The van der Waals surface area contributed by atoms with Crippen LogP contribution in [-0.2, 0) is 4.79 Å². The van der Waals surface area contributed by atoms with Gasteiger partial charge in [-0.1, -0.05) is 13.8 Å². The summed E-state index contributed by atoms with van der Waals surface area (Å²) in [5.74, 6) is 1.47. The lowest BCUT2D eigenvalue weighted by atomic mass is 10.1. The molecule has 0 saturated carbocycles. The number of anilines is 1. The number of carbonyl (C=O) groups is 1. The number of ether oxygens (including phenoxy) is 1. The van der Waals surface area contributed by atoms with Gasteiger partial charge in [0.2, 0.25) is 5.91 Å². The van der Waals surface area contributed by atoms with E-state index in [0.29, 0.717) is 12.5 Å². The first kappa shape index (κ1) is 17.6. The second-order valence-electron chi connectivity index (χ2n) is 6.56. The van der Waals surface area contributed by atoms with Crippen molar-refractivity contribution in [3.05, 3.63) is 24.3 Å². The fourth-order valence-electron chi connectivity index (χ4n) is 2.63. The minimum Gasteiger partial charge on any atom is -0.497 e. The van der Waals surface area contributed by atoms with Crippen molar-refractivity contribution >= 4 is 11.6 Å². The molecule has 0 aromatic heterocycles. The largest absolute Gasteiger partial charge is 0.497 e. The van der Waals surface area contributed by atoms with Crippen molar-refractivity contribution in [1.29, 1.82) is 0 Å². The molecule has 1 aromatic carbocycles. The minimum absolute atomic E-state index is 0.129. The van der Waals surface area contributed by atoms with E-state index in [2.05, 4.69) is 48.0 Å². The number of methoxy groups -OCH3 is 1. The molecule has 1 fully saturated rings. The van der Waals surface area contributed by atoms with Crippen molar-refractivity contribution in [2.75, 3.05) is 44.7 Å². The molecule has 1 aromatic rings. The molecule has 1 N–H and O–H groups in total. The number of carbonyl (C=O) groups excluding carboxylic acids is 1. The quantitative estimate of drug-likeness (QED) is 0.871. The van der Waals surface area contributed by atoms with E-state index in [-0.39, 0.29) is 11.9 Å². The molecular weight excluding hydrogens is 290 g/mol. The van der Waals surface area contributed by atoms with E-state index in [4.69, 9.17) is 4.74 Å². The smallest absolute Gasteiger partial charge is 0.234 e. The van der Waals surface area contributed by atoms with E-state index in [9.17, 15) is 4.79 Å². The summed E-state index contributed by atoms with van der Waals surface area (Å²) >= 11 is 0. The molecule has 1 heterocycles. The molecule has 0 aliphatic carbocycles. The fourth-order valence-corrected chi connectivity index (χ4v) is 2.63. The molecule has 1 aliphatic rings.